The smallest absolute Gasteiger partial charge is 0.234 e. The summed E-state index contributed by atoms with van der Waals surface area (Å²) in [6.07, 6.45) is 0.514. The number of carbonyl (C=O) groups excluding carboxylic acids is 1. The summed E-state index contributed by atoms with van der Waals surface area (Å²) < 4.78 is 0. The Morgan fingerprint density at radius 3 is 2.86 bits per heavy atom. The summed E-state index contributed by atoms with van der Waals surface area (Å²) in [7, 11) is 1.78. The lowest BCUT2D eigenvalue weighted by molar-refractivity contribution is -0.119. The third-order valence-corrected chi connectivity index (χ3v) is 2.72. The van der Waals surface area contributed by atoms with Gasteiger partial charge in [-0.3, -0.25) is 4.79 Å². The van der Waals surface area contributed by atoms with E-state index in [9.17, 15) is 4.79 Å². The Labute approximate surface area is 83.0 Å². The van der Waals surface area contributed by atoms with Gasteiger partial charge in [-0.1, -0.05) is 18.2 Å². The SMILES string of the molecule is CN1C(=O)[C@@H](CCO)c2ccccc21. The Kier molecular flexibility index (Phi) is 2.25. The average Bonchev–Trinajstić information content (AvgIpc) is 2.45. The molecule has 0 saturated heterocycles. The van der Waals surface area contributed by atoms with Gasteiger partial charge in [-0.25, -0.2) is 0 Å². The summed E-state index contributed by atoms with van der Waals surface area (Å²) in [6, 6.07) is 7.74. The van der Waals surface area contributed by atoms with Gasteiger partial charge in [0.1, 0.15) is 0 Å². The molecule has 0 saturated carbocycles. The summed E-state index contributed by atoms with van der Waals surface area (Å²) in [6.45, 7) is 0.0541. The number of anilines is 1. The third-order valence-electron chi connectivity index (χ3n) is 2.72. The average molecular weight is 191 g/mol. The molecule has 1 N–H and O–H groups in total. The van der Waals surface area contributed by atoms with Crippen LogP contribution < -0.4 is 4.90 Å². The molecule has 0 spiro atoms. The molecule has 1 aliphatic heterocycles. The van der Waals surface area contributed by atoms with Crippen molar-refractivity contribution in [2.75, 3.05) is 18.6 Å². The molecule has 1 aliphatic rings. The van der Waals surface area contributed by atoms with E-state index < -0.39 is 0 Å². The summed E-state index contributed by atoms with van der Waals surface area (Å²) in [5.74, 6) is -0.0681. The Bertz CT molecular complexity index is 362. The number of para-hydroxylation sites is 1. The van der Waals surface area contributed by atoms with Crippen molar-refractivity contribution < 1.29 is 9.90 Å². The van der Waals surface area contributed by atoms with Crippen LogP contribution in [0.5, 0.6) is 0 Å². The van der Waals surface area contributed by atoms with Crippen molar-refractivity contribution >= 4 is 11.6 Å². The van der Waals surface area contributed by atoms with Crippen molar-refractivity contribution in [1.82, 2.24) is 0 Å². The fourth-order valence-electron chi connectivity index (χ4n) is 1.98. The first kappa shape index (κ1) is 9.21. The van der Waals surface area contributed by atoms with Gasteiger partial charge in [0.15, 0.2) is 0 Å². The molecule has 0 aromatic heterocycles. The molecule has 1 aromatic carbocycles. The number of nitrogens with zero attached hydrogens (tertiary/aromatic N) is 1. The number of carbonyl (C=O) groups is 1. The van der Waals surface area contributed by atoms with E-state index in [4.69, 9.17) is 5.11 Å². The third kappa shape index (κ3) is 1.21. The normalized spacial score (nSPS) is 20.0. The van der Waals surface area contributed by atoms with Crippen molar-refractivity contribution in [3.63, 3.8) is 0 Å². The van der Waals surface area contributed by atoms with Crippen molar-refractivity contribution in [2.45, 2.75) is 12.3 Å². The monoisotopic (exact) mass is 191 g/mol. The highest BCUT2D eigenvalue weighted by Crippen LogP contribution is 2.37. The van der Waals surface area contributed by atoms with Crippen LogP contribution in [0.1, 0.15) is 17.9 Å². The summed E-state index contributed by atoms with van der Waals surface area (Å²) >= 11 is 0. The molecule has 0 unspecified atom stereocenters. The number of rotatable bonds is 2. The first-order chi connectivity index (χ1) is 6.75. The number of likely N-dealkylation sites (N-methyl/N-ethyl adjacent to an activating group) is 1. The molecule has 0 fully saturated rings. The van der Waals surface area contributed by atoms with Gasteiger partial charge in [-0.2, -0.15) is 0 Å². The lowest BCUT2D eigenvalue weighted by Gasteiger charge is -2.09. The lowest BCUT2D eigenvalue weighted by Crippen LogP contribution is -2.24. The Hall–Kier alpha value is -1.35. The lowest BCUT2D eigenvalue weighted by atomic mass is 9.98. The van der Waals surface area contributed by atoms with Crippen LogP contribution >= 0.6 is 0 Å². The largest absolute Gasteiger partial charge is 0.396 e. The van der Waals surface area contributed by atoms with Gasteiger partial charge in [0.2, 0.25) is 5.91 Å². The van der Waals surface area contributed by atoms with Gasteiger partial charge in [0.25, 0.3) is 0 Å². The predicted octanol–water partition coefficient (Wildman–Crippen LogP) is 1.13. The van der Waals surface area contributed by atoms with E-state index >= 15 is 0 Å². The van der Waals surface area contributed by atoms with Crippen LogP contribution in [-0.4, -0.2) is 24.7 Å². The maximum absolute atomic E-state index is 11.8. The van der Waals surface area contributed by atoms with Crippen LogP contribution in [0.15, 0.2) is 24.3 Å². The Morgan fingerprint density at radius 2 is 2.14 bits per heavy atom. The highest BCUT2D eigenvalue weighted by atomic mass is 16.3. The minimum atomic E-state index is -0.152. The molecule has 1 aromatic rings. The number of benzene rings is 1. The molecule has 1 amide bonds. The molecule has 3 nitrogen and oxygen atoms in total. The molecule has 2 rings (SSSR count). The van der Waals surface area contributed by atoms with Crippen LogP contribution in [-0.2, 0) is 4.79 Å². The van der Waals surface area contributed by atoms with Crippen molar-refractivity contribution in [2.24, 2.45) is 0 Å². The van der Waals surface area contributed by atoms with Crippen molar-refractivity contribution in [3.8, 4) is 0 Å². The van der Waals surface area contributed by atoms with E-state index in [2.05, 4.69) is 0 Å². The van der Waals surface area contributed by atoms with E-state index in [1.165, 1.54) is 0 Å². The van der Waals surface area contributed by atoms with Crippen LogP contribution in [0.2, 0.25) is 0 Å². The quantitative estimate of drug-likeness (QED) is 0.761. The standard InChI is InChI=1S/C11H13NO2/c1-12-10-5-3-2-4-8(10)9(6-7-13)11(12)14/h2-5,9,13H,6-7H2,1H3/t9-/m0/s1. The highest BCUT2D eigenvalue weighted by molar-refractivity contribution is 6.04. The molecule has 74 valence electrons. The van der Waals surface area contributed by atoms with Gasteiger partial charge in [0, 0.05) is 19.3 Å². The van der Waals surface area contributed by atoms with E-state index in [0.717, 1.165) is 11.3 Å². The summed E-state index contributed by atoms with van der Waals surface area (Å²) in [5, 5.41) is 8.89. The fourth-order valence-corrected chi connectivity index (χ4v) is 1.98. The number of hydrogen-bond donors (Lipinski definition) is 1. The Balaban J connectivity index is 2.42. The van der Waals surface area contributed by atoms with Gasteiger partial charge in [0.05, 0.1) is 5.92 Å². The van der Waals surface area contributed by atoms with Gasteiger partial charge >= 0.3 is 0 Å². The number of hydrogen-bond acceptors (Lipinski definition) is 2. The van der Waals surface area contributed by atoms with E-state index in [0.29, 0.717) is 6.42 Å². The molecular weight excluding hydrogens is 178 g/mol. The summed E-state index contributed by atoms with van der Waals surface area (Å²) in [5.41, 5.74) is 2.00. The maximum Gasteiger partial charge on any atom is 0.234 e. The van der Waals surface area contributed by atoms with E-state index in [-0.39, 0.29) is 18.4 Å². The van der Waals surface area contributed by atoms with Crippen molar-refractivity contribution in [1.29, 1.82) is 0 Å². The van der Waals surface area contributed by atoms with Gasteiger partial charge < -0.3 is 10.0 Å². The molecule has 0 bridgehead atoms. The summed E-state index contributed by atoms with van der Waals surface area (Å²) in [4.78, 5) is 13.4. The highest BCUT2D eigenvalue weighted by Gasteiger charge is 2.33. The zero-order chi connectivity index (χ0) is 10.1. The Morgan fingerprint density at radius 1 is 1.43 bits per heavy atom. The van der Waals surface area contributed by atoms with Crippen LogP contribution in [0.3, 0.4) is 0 Å². The number of fused-ring (bicyclic) bond motifs is 1. The predicted molar refractivity (Wildman–Crippen MR) is 54.3 cm³/mol. The minimum Gasteiger partial charge on any atom is -0.396 e. The zero-order valence-corrected chi connectivity index (χ0v) is 8.10. The molecule has 1 heterocycles. The number of amides is 1. The van der Waals surface area contributed by atoms with Crippen molar-refractivity contribution in [3.05, 3.63) is 29.8 Å². The molecule has 14 heavy (non-hydrogen) atoms. The van der Waals surface area contributed by atoms with Gasteiger partial charge in [-0.05, 0) is 18.1 Å². The van der Waals surface area contributed by atoms with Crippen LogP contribution in [0, 0.1) is 0 Å². The first-order valence-electron chi connectivity index (χ1n) is 4.73. The molecule has 3 heteroatoms. The first-order valence-corrected chi connectivity index (χ1v) is 4.73. The van der Waals surface area contributed by atoms with E-state index in [1.54, 1.807) is 11.9 Å². The van der Waals surface area contributed by atoms with Crippen LogP contribution in [0.25, 0.3) is 0 Å². The second kappa shape index (κ2) is 3.42. The topological polar surface area (TPSA) is 40.5 Å². The number of aliphatic hydroxyl groups excluding tert-OH is 1. The molecule has 0 aliphatic carbocycles. The number of aliphatic hydroxyl groups is 1. The maximum atomic E-state index is 11.8. The van der Waals surface area contributed by atoms with E-state index in [1.807, 2.05) is 24.3 Å². The molecule has 1 atom stereocenters. The van der Waals surface area contributed by atoms with Crippen LogP contribution in [0.4, 0.5) is 5.69 Å². The second-order valence-corrected chi connectivity index (χ2v) is 3.52. The molecular formula is C11H13NO2. The second-order valence-electron chi connectivity index (χ2n) is 3.52. The minimum absolute atomic E-state index is 0.0541. The molecule has 0 radical (unpaired) electrons. The fraction of sp³-hybridized carbons (Fsp3) is 0.364. The van der Waals surface area contributed by atoms with Gasteiger partial charge in [-0.15, -0.1) is 0 Å². The zero-order valence-electron chi connectivity index (χ0n) is 8.10.